The van der Waals surface area contributed by atoms with E-state index in [9.17, 15) is 0 Å². The maximum Gasteiger partial charge on any atom is 0.0117 e. The quantitative estimate of drug-likeness (QED) is 0.803. The second-order valence-electron chi connectivity index (χ2n) is 3.90. The summed E-state index contributed by atoms with van der Waals surface area (Å²) in [6, 6.07) is 10.8. The summed E-state index contributed by atoms with van der Waals surface area (Å²) in [5.41, 5.74) is 9.29. The van der Waals surface area contributed by atoms with Crippen molar-refractivity contribution < 1.29 is 0 Å². The number of hydrogen-bond donors (Lipinski definition) is 1. The molecule has 0 saturated heterocycles. The van der Waals surface area contributed by atoms with Crippen molar-refractivity contribution in [1.82, 2.24) is 0 Å². The summed E-state index contributed by atoms with van der Waals surface area (Å²) in [6.07, 6.45) is 4.38. The lowest BCUT2D eigenvalue weighted by Crippen LogP contribution is -2.01. The largest absolute Gasteiger partial charge is 0.330 e. The summed E-state index contributed by atoms with van der Waals surface area (Å²) < 4.78 is 0. The van der Waals surface area contributed by atoms with Crippen LogP contribution in [0.4, 0.5) is 0 Å². The van der Waals surface area contributed by atoms with Crippen molar-refractivity contribution >= 4 is 29.2 Å². The van der Waals surface area contributed by atoms with Crippen molar-refractivity contribution in [1.29, 1.82) is 0 Å². The van der Waals surface area contributed by atoms with E-state index in [0.717, 1.165) is 18.1 Å². The number of benzene rings is 1. The maximum atomic E-state index is 5.45. The highest BCUT2D eigenvalue weighted by atomic mass is 32.2. The van der Waals surface area contributed by atoms with E-state index in [1.54, 1.807) is 11.3 Å². The first kappa shape index (κ1) is 13.4. The minimum atomic E-state index is 0.756. The van der Waals surface area contributed by atoms with Crippen LogP contribution in [-0.4, -0.2) is 18.1 Å². The van der Waals surface area contributed by atoms with Crippen molar-refractivity contribution in [3.8, 4) is 11.1 Å². The monoisotopic (exact) mass is 275 g/mol. The summed E-state index contributed by atoms with van der Waals surface area (Å²) in [5.74, 6) is 2.05. The highest BCUT2D eigenvalue weighted by Gasteiger charge is 1.97. The van der Waals surface area contributed by atoms with Crippen LogP contribution in [0.15, 0.2) is 47.2 Å². The zero-order chi connectivity index (χ0) is 12.6. The van der Waals surface area contributed by atoms with Crippen molar-refractivity contribution in [2.24, 2.45) is 5.73 Å². The van der Waals surface area contributed by atoms with Crippen molar-refractivity contribution in [3.05, 3.63) is 52.7 Å². The average molecular weight is 275 g/mol. The third-order valence-electron chi connectivity index (χ3n) is 2.53. The lowest BCUT2D eigenvalue weighted by molar-refractivity contribution is 1.15. The van der Waals surface area contributed by atoms with Gasteiger partial charge in [0.2, 0.25) is 0 Å². The second kappa shape index (κ2) is 7.41. The van der Waals surface area contributed by atoms with Crippen LogP contribution in [0.1, 0.15) is 5.56 Å². The van der Waals surface area contributed by atoms with E-state index in [2.05, 4.69) is 53.2 Å². The van der Waals surface area contributed by atoms with Crippen LogP contribution in [0.2, 0.25) is 0 Å². The standard InChI is InChI=1S/C15H17NS2/c16-7-10-17-8-2-4-13-3-1-5-14(11-13)15-6-9-18-12-15/h1-6,9,11-12H,7-8,10,16H2. The van der Waals surface area contributed by atoms with Gasteiger partial charge in [0, 0.05) is 18.1 Å². The van der Waals surface area contributed by atoms with E-state index in [-0.39, 0.29) is 0 Å². The lowest BCUT2D eigenvalue weighted by atomic mass is 10.1. The highest BCUT2D eigenvalue weighted by Crippen LogP contribution is 2.23. The Labute approximate surface area is 117 Å². The zero-order valence-corrected chi connectivity index (χ0v) is 11.8. The summed E-state index contributed by atoms with van der Waals surface area (Å²) in [6.45, 7) is 0.756. The highest BCUT2D eigenvalue weighted by molar-refractivity contribution is 7.99. The second-order valence-corrected chi connectivity index (χ2v) is 5.83. The van der Waals surface area contributed by atoms with Gasteiger partial charge < -0.3 is 5.73 Å². The van der Waals surface area contributed by atoms with E-state index < -0.39 is 0 Å². The summed E-state index contributed by atoms with van der Waals surface area (Å²) in [5, 5.41) is 4.29. The van der Waals surface area contributed by atoms with Crippen molar-refractivity contribution in [2.45, 2.75) is 0 Å². The lowest BCUT2D eigenvalue weighted by Gasteiger charge is -2.00. The molecule has 18 heavy (non-hydrogen) atoms. The Hall–Kier alpha value is -1.03. The van der Waals surface area contributed by atoms with Gasteiger partial charge >= 0.3 is 0 Å². The molecule has 0 atom stereocenters. The Morgan fingerprint density at radius 1 is 1.22 bits per heavy atom. The maximum absolute atomic E-state index is 5.45. The molecule has 0 radical (unpaired) electrons. The SMILES string of the molecule is NCCSCC=Cc1cccc(-c2ccsc2)c1. The Balaban J connectivity index is 1.99. The smallest absolute Gasteiger partial charge is 0.0117 e. The van der Waals surface area contributed by atoms with E-state index >= 15 is 0 Å². The Kier molecular flexibility index (Phi) is 5.52. The van der Waals surface area contributed by atoms with Gasteiger partial charge in [-0.15, -0.1) is 0 Å². The van der Waals surface area contributed by atoms with Gasteiger partial charge in [-0.3, -0.25) is 0 Å². The Bertz CT molecular complexity index is 489. The molecule has 3 heteroatoms. The molecule has 0 aliphatic heterocycles. The van der Waals surface area contributed by atoms with Crippen LogP contribution in [0.5, 0.6) is 0 Å². The first-order chi connectivity index (χ1) is 8.90. The predicted octanol–water partition coefficient (Wildman–Crippen LogP) is 4.12. The fourth-order valence-electron chi connectivity index (χ4n) is 1.67. The molecule has 2 N–H and O–H groups in total. The zero-order valence-electron chi connectivity index (χ0n) is 10.2. The molecule has 0 fully saturated rings. The number of rotatable bonds is 6. The Morgan fingerprint density at radius 3 is 2.94 bits per heavy atom. The van der Waals surface area contributed by atoms with Gasteiger partial charge in [0.15, 0.2) is 0 Å². The van der Waals surface area contributed by atoms with Crippen LogP contribution in [0.3, 0.4) is 0 Å². The number of thioether (sulfide) groups is 1. The number of hydrogen-bond acceptors (Lipinski definition) is 3. The molecule has 0 aliphatic carbocycles. The van der Waals surface area contributed by atoms with Gasteiger partial charge in [0.05, 0.1) is 0 Å². The molecule has 2 rings (SSSR count). The predicted molar refractivity (Wildman–Crippen MR) is 85.2 cm³/mol. The van der Waals surface area contributed by atoms with Gasteiger partial charge in [-0.05, 0) is 39.6 Å². The molecular weight excluding hydrogens is 258 g/mol. The normalized spacial score (nSPS) is 11.2. The van der Waals surface area contributed by atoms with Gasteiger partial charge in [-0.25, -0.2) is 0 Å². The van der Waals surface area contributed by atoms with Crippen molar-refractivity contribution in [2.75, 3.05) is 18.1 Å². The molecule has 0 bridgehead atoms. The minimum absolute atomic E-state index is 0.756. The molecule has 0 unspecified atom stereocenters. The fraction of sp³-hybridized carbons (Fsp3) is 0.200. The molecule has 1 aromatic heterocycles. The third-order valence-corrected chi connectivity index (χ3v) is 4.16. The van der Waals surface area contributed by atoms with Gasteiger partial charge in [-0.1, -0.05) is 30.4 Å². The molecule has 1 nitrogen and oxygen atoms in total. The molecule has 0 spiro atoms. The average Bonchev–Trinajstić information content (AvgIpc) is 2.93. The van der Waals surface area contributed by atoms with E-state index in [1.807, 2.05) is 11.8 Å². The summed E-state index contributed by atoms with van der Waals surface area (Å²) in [4.78, 5) is 0. The van der Waals surface area contributed by atoms with Gasteiger partial charge in [-0.2, -0.15) is 23.1 Å². The summed E-state index contributed by atoms with van der Waals surface area (Å²) in [7, 11) is 0. The van der Waals surface area contributed by atoms with Crippen LogP contribution in [0.25, 0.3) is 17.2 Å². The van der Waals surface area contributed by atoms with Crippen LogP contribution in [-0.2, 0) is 0 Å². The fourth-order valence-corrected chi connectivity index (χ4v) is 2.90. The van der Waals surface area contributed by atoms with Crippen molar-refractivity contribution in [3.63, 3.8) is 0 Å². The number of thiophene rings is 1. The molecule has 1 heterocycles. The molecule has 0 amide bonds. The minimum Gasteiger partial charge on any atom is -0.330 e. The van der Waals surface area contributed by atoms with Crippen LogP contribution in [0, 0.1) is 0 Å². The van der Waals surface area contributed by atoms with Gasteiger partial charge in [0.1, 0.15) is 0 Å². The molecule has 94 valence electrons. The molecule has 1 aromatic carbocycles. The van der Waals surface area contributed by atoms with E-state index in [4.69, 9.17) is 5.73 Å². The topological polar surface area (TPSA) is 26.0 Å². The van der Waals surface area contributed by atoms with Gasteiger partial charge in [0.25, 0.3) is 0 Å². The first-order valence-electron chi connectivity index (χ1n) is 5.97. The van der Waals surface area contributed by atoms with E-state index in [1.165, 1.54) is 16.7 Å². The van der Waals surface area contributed by atoms with Crippen LogP contribution >= 0.6 is 23.1 Å². The third kappa shape index (κ3) is 4.02. The molecule has 0 aliphatic rings. The van der Waals surface area contributed by atoms with Crippen LogP contribution < -0.4 is 5.73 Å². The first-order valence-corrected chi connectivity index (χ1v) is 8.07. The van der Waals surface area contributed by atoms with E-state index in [0.29, 0.717) is 0 Å². The molecular formula is C15H17NS2. The number of nitrogens with two attached hydrogens (primary N) is 1. The Morgan fingerprint density at radius 2 is 2.17 bits per heavy atom. The summed E-state index contributed by atoms with van der Waals surface area (Å²) >= 11 is 3.60. The molecule has 2 aromatic rings. The molecule has 0 saturated carbocycles.